The minimum Gasteiger partial charge on any atom is -0.445 e. The summed E-state index contributed by atoms with van der Waals surface area (Å²) in [6.45, 7) is -1.64. The summed E-state index contributed by atoms with van der Waals surface area (Å²) in [7, 11) is 1.62. The third kappa shape index (κ3) is 4.05. The lowest BCUT2D eigenvalue weighted by Crippen LogP contribution is -2.30. The van der Waals surface area contributed by atoms with Crippen LogP contribution in [0.1, 0.15) is 5.69 Å². The van der Waals surface area contributed by atoms with Crippen molar-refractivity contribution in [3.05, 3.63) is 28.6 Å². The highest BCUT2D eigenvalue weighted by Gasteiger charge is 2.27. The van der Waals surface area contributed by atoms with Crippen LogP contribution in [0.5, 0.6) is 0 Å². The Labute approximate surface area is 90.5 Å². The molecule has 0 radical (unpaired) electrons. The Morgan fingerprint density at radius 3 is 2.73 bits per heavy atom. The van der Waals surface area contributed by atoms with Gasteiger partial charge in [-0.15, -0.1) is 23.4 Å². The molecule has 0 aliphatic carbocycles. The molecule has 0 unspecified atom stereocenters. The minimum atomic E-state index is -4.93. The van der Waals surface area contributed by atoms with Gasteiger partial charge in [0.2, 0.25) is 0 Å². The molecule has 1 heterocycles. The molecular formula is C8H11BF3N2S-. The van der Waals surface area contributed by atoms with E-state index in [9.17, 15) is 12.9 Å². The van der Waals surface area contributed by atoms with Gasteiger partial charge >= 0.3 is 6.98 Å². The fourth-order valence-electron chi connectivity index (χ4n) is 1.10. The Morgan fingerprint density at radius 2 is 2.27 bits per heavy atom. The molecule has 0 bridgehead atoms. The quantitative estimate of drug-likeness (QED) is 0.729. The standard InChI is InChI=1S/C8H11BF3N2S/c1-7(9(10,11)12)3-14(2)4-8-5-15-6-13-8/h5-6H,1,3-4H2,2H3/q-1. The number of hydrogen-bond acceptors (Lipinski definition) is 3. The second kappa shape index (κ2) is 4.80. The molecule has 15 heavy (non-hydrogen) atoms. The van der Waals surface area contributed by atoms with E-state index in [2.05, 4.69) is 11.6 Å². The number of rotatable bonds is 5. The lowest BCUT2D eigenvalue weighted by molar-refractivity contribution is 0.347. The molecule has 1 rings (SSSR count). The van der Waals surface area contributed by atoms with Crippen LogP contribution in [0.3, 0.4) is 0 Å². The van der Waals surface area contributed by atoms with Gasteiger partial charge in [0.1, 0.15) is 0 Å². The molecule has 0 fully saturated rings. The minimum absolute atomic E-state index is 0.166. The maximum absolute atomic E-state index is 12.2. The number of halogens is 3. The van der Waals surface area contributed by atoms with E-state index in [0.29, 0.717) is 6.54 Å². The van der Waals surface area contributed by atoms with E-state index in [1.807, 2.05) is 5.38 Å². The Morgan fingerprint density at radius 1 is 1.60 bits per heavy atom. The lowest BCUT2D eigenvalue weighted by atomic mass is 9.80. The van der Waals surface area contributed by atoms with Crippen molar-refractivity contribution in [2.45, 2.75) is 6.54 Å². The van der Waals surface area contributed by atoms with Crippen LogP contribution in [-0.2, 0) is 6.54 Å². The third-order valence-electron chi connectivity index (χ3n) is 1.85. The van der Waals surface area contributed by atoms with Gasteiger partial charge in [0.05, 0.1) is 11.2 Å². The SMILES string of the molecule is C=C(CN(C)Cc1cscn1)[B-](F)(F)F. The molecule has 1 aromatic heterocycles. The van der Waals surface area contributed by atoms with Crippen LogP contribution < -0.4 is 0 Å². The normalized spacial score (nSPS) is 12.1. The van der Waals surface area contributed by atoms with Crippen LogP contribution in [0, 0.1) is 0 Å². The molecule has 1 aromatic rings. The van der Waals surface area contributed by atoms with Gasteiger partial charge in [0, 0.05) is 11.9 Å². The fourth-order valence-corrected chi connectivity index (χ4v) is 1.65. The summed E-state index contributed by atoms with van der Waals surface area (Å²) in [6.07, 6.45) is 0. The van der Waals surface area contributed by atoms with Crippen LogP contribution >= 0.6 is 11.3 Å². The zero-order valence-corrected chi connectivity index (χ0v) is 9.11. The Kier molecular flexibility index (Phi) is 3.93. The van der Waals surface area contributed by atoms with Crippen LogP contribution in [0.2, 0.25) is 0 Å². The number of thiazole rings is 1. The highest BCUT2D eigenvalue weighted by atomic mass is 32.1. The molecule has 0 saturated heterocycles. The summed E-state index contributed by atoms with van der Waals surface area (Å²) in [5.41, 5.74) is 1.77. The van der Waals surface area contributed by atoms with Gasteiger partial charge in [-0.3, -0.25) is 4.90 Å². The summed E-state index contributed by atoms with van der Waals surface area (Å²) in [4.78, 5) is 5.54. The van der Waals surface area contributed by atoms with Gasteiger partial charge < -0.3 is 12.9 Å². The molecule has 84 valence electrons. The van der Waals surface area contributed by atoms with Crippen LogP contribution in [0.4, 0.5) is 12.9 Å². The van der Waals surface area contributed by atoms with Crippen molar-refractivity contribution >= 4 is 18.3 Å². The summed E-state index contributed by atoms with van der Waals surface area (Å²) in [5, 5.41) is 1.82. The van der Waals surface area contributed by atoms with Gasteiger partial charge in [0.25, 0.3) is 0 Å². The molecule has 0 N–H and O–H groups in total. The van der Waals surface area contributed by atoms with E-state index in [1.54, 1.807) is 17.5 Å². The molecule has 0 amide bonds. The van der Waals surface area contributed by atoms with E-state index < -0.39 is 12.4 Å². The van der Waals surface area contributed by atoms with Crippen molar-refractivity contribution in [2.75, 3.05) is 13.6 Å². The van der Waals surface area contributed by atoms with Crippen LogP contribution in [-0.4, -0.2) is 30.5 Å². The van der Waals surface area contributed by atoms with Crippen molar-refractivity contribution in [3.8, 4) is 0 Å². The monoisotopic (exact) mass is 235 g/mol. The molecule has 0 aliphatic rings. The summed E-state index contributed by atoms with van der Waals surface area (Å²) in [5.74, 6) is 0. The second-order valence-corrected chi connectivity index (χ2v) is 4.10. The van der Waals surface area contributed by atoms with Crippen molar-refractivity contribution in [2.24, 2.45) is 0 Å². The average molecular weight is 235 g/mol. The first-order valence-electron chi connectivity index (χ1n) is 4.33. The van der Waals surface area contributed by atoms with Crippen LogP contribution in [0.25, 0.3) is 0 Å². The summed E-state index contributed by atoms with van der Waals surface area (Å²) < 4.78 is 36.6. The topological polar surface area (TPSA) is 16.1 Å². The molecule has 0 saturated carbocycles. The van der Waals surface area contributed by atoms with Crippen molar-refractivity contribution in [1.82, 2.24) is 9.88 Å². The zero-order valence-electron chi connectivity index (χ0n) is 8.29. The molecule has 0 atom stereocenters. The first-order chi connectivity index (χ1) is 6.89. The number of hydrogen-bond donors (Lipinski definition) is 0. The molecule has 2 nitrogen and oxygen atoms in total. The number of aromatic nitrogens is 1. The molecular weight excluding hydrogens is 224 g/mol. The smallest absolute Gasteiger partial charge is 0.445 e. The van der Waals surface area contributed by atoms with E-state index in [1.165, 1.54) is 11.3 Å². The third-order valence-corrected chi connectivity index (χ3v) is 2.49. The maximum Gasteiger partial charge on any atom is 0.506 e. The first-order valence-corrected chi connectivity index (χ1v) is 5.27. The molecule has 0 spiro atoms. The zero-order chi connectivity index (χ0) is 11.5. The lowest BCUT2D eigenvalue weighted by Gasteiger charge is -2.23. The van der Waals surface area contributed by atoms with Gasteiger partial charge in [-0.1, -0.05) is 0 Å². The predicted molar refractivity (Wildman–Crippen MR) is 56.7 cm³/mol. The van der Waals surface area contributed by atoms with Gasteiger partial charge in [0.15, 0.2) is 0 Å². The Hall–Kier alpha value is -0.815. The van der Waals surface area contributed by atoms with Crippen molar-refractivity contribution < 1.29 is 12.9 Å². The highest BCUT2D eigenvalue weighted by molar-refractivity contribution is 7.07. The maximum atomic E-state index is 12.2. The second-order valence-electron chi connectivity index (χ2n) is 3.39. The number of likely N-dealkylation sites (N-methyl/N-ethyl adjacent to an activating group) is 1. The van der Waals surface area contributed by atoms with E-state index in [-0.39, 0.29) is 6.54 Å². The van der Waals surface area contributed by atoms with Crippen LogP contribution in [0.15, 0.2) is 22.9 Å². The van der Waals surface area contributed by atoms with E-state index in [0.717, 1.165) is 5.69 Å². The highest BCUT2D eigenvalue weighted by Crippen LogP contribution is 2.19. The number of nitrogens with zero attached hydrogens (tertiary/aromatic N) is 2. The fraction of sp³-hybridized carbons (Fsp3) is 0.375. The molecule has 7 heteroatoms. The van der Waals surface area contributed by atoms with Crippen molar-refractivity contribution in [1.29, 1.82) is 0 Å². The first kappa shape index (κ1) is 12.3. The molecule has 0 aliphatic heterocycles. The predicted octanol–water partition coefficient (Wildman–Crippen LogP) is 2.52. The van der Waals surface area contributed by atoms with Gasteiger partial charge in [-0.05, 0) is 13.6 Å². The van der Waals surface area contributed by atoms with Crippen molar-refractivity contribution in [3.63, 3.8) is 0 Å². The summed E-state index contributed by atoms with van der Waals surface area (Å²) >= 11 is 1.43. The summed E-state index contributed by atoms with van der Waals surface area (Å²) in [6, 6.07) is 0. The van der Waals surface area contributed by atoms with E-state index in [4.69, 9.17) is 0 Å². The average Bonchev–Trinajstić information content (AvgIpc) is 2.54. The largest absolute Gasteiger partial charge is 0.506 e. The molecule has 0 aromatic carbocycles. The van der Waals surface area contributed by atoms with Gasteiger partial charge in [-0.25, -0.2) is 4.98 Å². The Balaban J connectivity index is 2.43. The van der Waals surface area contributed by atoms with E-state index >= 15 is 0 Å². The van der Waals surface area contributed by atoms with Gasteiger partial charge in [-0.2, -0.15) is 0 Å². The Bertz CT molecular complexity index is 323.